The molecule has 0 aliphatic rings. The Morgan fingerprint density at radius 1 is 0.880 bits per heavy atom. The molecule has 10 nitrogen and oxygen atoms in total. The summed E-state index contributed by atoms with van der Waals surface area (Å²) in [6.45, 7) is 10.3. The van der Waals surface area contributed by atoms with Crippen LogP contribution in [-0.2, 0) is 38.7 Å². The van der Waals surface area contributed by atoms with E-state index in [0.29, 0.717) is 0 Å². The second-order valence-corrected chi connectivity index (χ2v) is 5.20. The van der Waals surface area contributed by atoms with E-state index < -0.39 is 48.4 Å². The van der Waals surface area contributed by atoms with Crippen molar-refractivity contribution in [2.24, 2.45) is 5.92 Å². The summed E-state index contributed by atoms with van der Waals surface area (Å²) in [5.74, 6) is -6.27. The van der Waals surface area contributed by atoms with Gasteiger partial charge in [-0.25, -0.2) is 38.7 Å². The second-order valence-electron chi connectivity index (χ2n) is 5.20. The fraction of sp³-hybridized carbons (Fsp3) is 0.467. The minimum absolute atomic E-state index is 0.0421. The van der Waals surface area contributed by atoms with Crippen molar-refractivity contribution in [2.45, 2.75) is 39.4 Å². The van der Waals surface area contributed by atoms with E-state index in [1.165, 1.54) is 13.8 Å². The van der Waals surface area contributed by atoms with Crippen molar-refractivity contribution >= 4 is 23.9 Å². The number of rotatable bonds is 7. The van der Waals surface area contributed by atoms with Gasteiger partial charge in [0.1, 0.15) is 5.92 Å². The maximum Gasteiger partial charge on any atom is 0.381 e. The number of aliphatic hydroxyl groups excluding tert-OH is 2. The lowest BCUT2D eigenvalue weighted by Crippen LogP contribution is -2.39. The number of hydrogen-bond donors (Lipinski definition) is 2. The Morgan fingerprint density at radius 3 is 1.72 bits per heavy atom. The van der Waals surface area contributed by atoms with Crippen LogP contribution in [0.25, 0.3) is 0 Å². The summed E-state index contributed by atoms with van der Waals surface area (Å²) >= 11 is 0. The minimum atomic E-state index is -1.75. The summed E-state index contributed by atoms with van der Waals surface area (Å²) in [7, 11) is 0. The highest BCUT2D eigenvalue weighted by atomic mass is 17.2. The van der Waals surface area contributed by atoms with Crippen LogP contribution in [-0.4, -0.2) is 46.3 Å². The zero-order valence-corrected chi connectivity index (χ0v) is 14.0. The highest BCUT2D eigenvalue weighted by molar-refractivity contribution is 5.88. The van der Waals surface area contributed by atoms with E-state index in [9.17, 15) is 29.4 Å². The predicted octanol–water partition coefficient (Wildman–Crippen LogP) is -0.111. The summed E-state index contributed by atoms with van der Waals surface area (Å²) in [5, 5.41) is 19.2. The average Bonchev–Trinajstić information content (AvgIpc) is 2.53. The molecular weight excluding hydrogens is 340 g/mol. The van der Waals surface area contributed by atoms with Crippen LogP contribution in [0.15, 0.2) is 24.3 Å². The summed E-state index contributed by atoms with van der Waals surface area (Å²) in [6, 6.07) is 0. The largest absolute Gasteiger partial charge is 0.391 e. The van der Waals surface area contributed by atoms with Crippen molar-refractivity contribution in [1.29, 1.82) is 0 Å². The van der Waals surface area contributed by atoms with Gasteiger partial charge in [0.05, 0.1) is 18.6 Å². The molecule has 0 bridgehead atoms. The Balaban J connectivity index is 4.88. The van der Waals surface area contributed by atoms with Gasteiger partial charge in [0.2, 0.25) is 0 Å². The standard InChI is InChI=1S/C15H20O10/c1-7(2)13(19)23-22-11(17)6-10(12(18)9(5)16)15(21)25-24-14(20)8(3)4/h9-10,12,16,18H,1,3,6H2,2,4-5H3. The van der Waals surface area contributed by atoms with Crippen LogP contribution in [0.2, 0.25) is 0 Å². The third kappa shape index (κ3) is 8.08. The van der Waals surface area contributed by atoms with E-state index in [4.69, 9.17) is 0 Å². The SMILES string of the molecule is C=C(C)C(=O)OOC(=O)CC(C(=O)OOC(=O)C(=C)C)C(O)C(C)O. The van der Waals surface area contributed by atoms with Gasteiger partial charge < -0.3 is 10.2 Å². The highest BCUT2D eigenvalue weighted by Gasteiger charge is 2.36. The fourth-order valence-corrected chi connectivity index (χ4v) is 1.26. The van der Waals surface area contributed by atoms with Crippen molar-refractivity contribution in [3.05, 3.63) is 24.3 Å². The topological polar surface area (TPSA) is 146 Å². The number of carbonyl (C=O) groups is 4. The van der Waals surface area contributed by atoms with E-state index in [2.05, 4.69) is 32.7 Å². The third-order valence-corrected chi connectivity index (χ3v) is 2.70. The molecule has 0 amide bonds. The lowest BCUT2D eigenvalue weighted by molar-refractivity contribution is -0.266. The molecule has 0 heterocycles. The quantitative estimate of drug-likeness (QED) is 0.358. The fourth-order valence-electron chi connectivity index (χ4n) is 1.26. The van der Waals surface area contributed by atoms with E-state index in [0.717, 1.165) is 6.92 Å². The van der Waals surface area contributed by atoms with E-state index in [-0.39, 0.29) is 11.1 Å². The Labute approximate surface area is 143 Å². The lowest BCUT2D eigenvalue weighted by atomic mass is 9.95. The molecule has 0 saturated heterocycles. The molecule has 0 rings (SSSR count). The normalized spacial score (nSPS) is 13.6. The molecule has 3 unspecified atom stereocenters. The van der Waals surface area contributed by atoms with Gasteiger partial charge in [-0.15, -0.1) is 0 Å². The van der Waals surface area contributed by atoms with Gasteiger partial charge in [-0.3, -0.25) is 0 Å². The molecule has 0 aromatic rings. The summed E-state index contributed by atoms with van der Waals surface area (Å²) in [4.78, 5) is 62.4. The molecular formula is C15H20O10. The Bertz CT molecular complexity index is 563. The molecule has 10 heteroatoms. The van der Waals surface area contributed by atoms with E-state index in [1.807, 2.05) is 0 Å². The van der Waals surface area contributed by atoms with Gasteiger partial charge in [0, 0.05) is 11.1 Å². The van der Waals surface area contributed by atoms with Crippen molar-refractivity contribution in [3.63, 3.8) is 0 Å². The first-order chi connectivity index (χ1) is 11.5. The molecule has 2 N–H and O–H groups in total. The van der Waals surface area contributed by atoms with Crippen LogP contribution in [0, 0.1) is 5.92 Å². The van der Waals surface area contributed by atoms with Crippen LogP contribution in [0.4, 0.5) is 0 Å². The first kappa shape index (κ1) is 22.3. The second kappa shape index (κ2) is 10.2. The molecule has 25 heavy (non-hydrogen) atoms. The number of aliphatic hydroxyl groups is 2. The van der Waals surface area contributed by atoms with Crippen molar-refractivity contribution in [3.8, 4) is 0 Å². The molecule has 0 saturated carbocycles. The van der Waals surface area contributed by atoms with Gasteiger partial charge in [0.15, 0.2) is 0 Å². The maximum absolute atomic E-state index is 11.9. The number of carbonyl (C=O) groups excluding carboxylic acids is 4. The Kier molecular flexibility index (Phi) is 9.10. The lowest BCUT2D eigenvalue weighted by Gasteiger charge is -2.21. The van der Waals surface area contributed by atoms with Gasteiger partial charge in [0.25, 0.3) is 0 Å². The van der Waals surface area contributed by atoms with Crippen LogP contribution in [0.1, 0.15) is 27.2 Å². The summed E-state index contributed by atoms with van der Waals surface area (Å²) in [5.41, 5.74) is -0.106. The summed E-state index contributed by atoms with van der Waals surface area (Å²) < 4.78 is 0. The zero-order chi connectivity index (χ0) is 19.7. The molecule has 0 aromatic heterocycles. The first-order valence-corrected chi connectivity index (χ1v) is 6.98. The van der Waals surface area contributed by atoms with Crippen LogP contribution in [0.3, 0.4) is 0 Å². The molecule has 0 aliphatic carbocycles. The van der Waals surface area contributed by atoms with Gasteiger partial charge in [-0.2, -0.15) is 0 Å². The van der Waals surface area contributed by atoms with Crippen LogP contribution < -0.4 is 0 Å². The first-order valence-electron chi connectivity index (χ1n) is 6.98. The molecule has 0 aliphatic heterocycles. The van der Waals surface area contributed by atoms with Crippen LogP contribution in [0.5, 0.6) is 0 Å². The zero-order valence-electron chi connectivity index (χ0n) is 14.0. The molecule has 0 aromatic carbocycles. The molecule has 0 fully saturated rings. The van der Waals surface area contributed by atoms with Crippen molar-refractivity contribution in [1.82, 2.24) is 0 Å². The third-order valence-electron chi connectivity index (χ3n) is 2.70. The Morgan fingerprint density at radius 2 is 1.32 bits per heavy atom. The molecule has 140 valence electrons. The predicted molar refractivity (Wildman–Crippen MR) is 79.8 cm³/mol. The van der Waals surface area contributed by atoms with Gasteiger partial charge >= 0.3 is 23.9 Å². The minimum Gasteiger partial charge on any atom is -0.391 e. The van der Waals surface area contributed by atoms with Gasteiger partial charge in [-0.05, 0) is 20.8 Å². The van der Waals surface area contributed by atoms with Crippen molar-refractivity contribution in [2.75, 3.05) is 0 Å². The Hall–Kier alpha value is -2.72. The van der Waals surface area contributed by atoms with Gasteiger partial charge in [-0.1, -0.05) is 13.2 Å². The number of hydrogen-bond acceptors (Lipinski definition) is 10. The maximum atomic E-state index is 11.9. The smallest absolute Gasteiger partial charge is 0.381 e. The van der Waals surface area contributed by atoms with E-state index in [1.54, 1.807) is 0 Å². The average molecular weight is 360 g/mol. The highest BCUT2D eigenvalue weighted by Crippen LogP contribution is 2.17. The summed E-state index contributed by atoms with van der Waals surface area (Å²) in [6.07, 6.45) is -4.01. The molecule has 0 radical (unpaired) electrons. The molecule has 3 atom stereocenters. The monoisotopic (exact) mass is 360 g/mol. The van der Waals surface area contributed by atoms with E-state index >= 15 is 0 Å². The van der Waals surface area contributed by atoms with Crippen molar-refractivity contribution < 1.29 is 48.9 Å². The molecule has 0 spiro atoms. The van der Waals surface area contributed by atoms with Crippen LogP contribution >= 0.6 is 0 Å².